The van der Waals surface area contributed by atoms with Crippen molar-refractivity contribution in [1.82, 2.24) is 14.8 Å². The molecule has 0 saturated heterocycles. The predicted molar refractivity (Wildman–Crippen MR) is 67.8 cm³/mol. The minimum atomic E-state index is 0.533. The lowest BCUT2D eigenvalue weighted by molar-refractivity contribution is 0.547. The van der Waals surface area contributed by atoms with Gasteiger partial charge < -0.3 is 4.57 Å². The summed E-state index contributed by atoms with van der Waals surface area (Å²) in [5.74, 6) is 0.999. The van der Waals surface area contributed by atoms with Crippen LogP contribution in [0.1, 0.15) is 58.2 Å². The van der Waals surface area contributed by atoms with Gasteiger partial charge in [-0.25, -0.2) is 0 Å². The summed E-state index contributed by atoms with van der Waals surface area (Å²) in [6.07, 6.45) is 8.69. The van der Waals surface area contributed by atoms with Crippen LogP contribution >= 0.6 is 11.6 Å². The third kappa shape index (κ3) is 4.12. The number of hydrogen-bond acceptors (Lipinski definition) is 2. The summed E-state index contributed by atoms with van der Waals surface area (Å²) in [4.78, 5) is 0. The van der Waals surface area contributed by atoms with Gasteiger partial charge in [0.1, 0.15) is 5.82 Å². The van der Waals surface area contributed by atoms with E-state index in [4.69, 9.17) is 11.6 Å². The maximum absolute atomic E-state index is 5.98. The van der Waals surface area contributed by atoms with Crippen molar-refractivity contribution in [3.63, 3.8) is 0 Å². The van der Waals surface area contributed by atoms with Gasteiger partial charge in [0.05, 0.1) is 0 Å². The van der Waals surface area contributed by atoms with Crippen molar-refractivity contribution >= 4 is 11.6 Å². The molecule has 0 saturated carbocycles. The summed E-state index contributed by atoms with van der Waals surface area (Å²) in [7, 11) is 0. The first-order valence-corrected chi connectivity index (χ1v) is 6.75. The van der Waals surface area contributed by atoms with Crippen LogP contribution in [0.4, 0.5) is 0 Å². The fourth-order valence-electron chi connectivity index (χ4n) is 1.85. The van der Waals surface area contributed by atoms with E-state index in [0.29, 0.717) is 5.28 Å². The van der Waals surface area contributed by atoms with Gasteiger partial charge in [-0.2, -0.15) is 0 Å². The molecule has 0 unspecified atom stereocenters. The zero-order valence-electron chi connectivity index (χ0n) is 10.4. The van der Waals surface area contributed by atoms with Crippen molar-refractivity contribution in [2.75, 3.05) is 0 Å². The summed E-state index contributed by atoms with van der Waals surface area (Å²) in [5.41, 5.74) is 0. The fourth-order valence-corrected chi connectivity index (χ4v) is 2.07. The molecule has 1 rings (SSSR count). The van der Waals surface area contributed by atoms with E-state index >= 15 is 0 Å². The van der Waals surface area contributed by atoms with Gasteiger partial charge in [-0.15, -0.1) is 10.2 Å². The summed E-state index contributed by atoms with van der Waals surface area (Å²) < 4.78 is 2.03. The molecule has 0 N–H and O–H groups in total. The maximum Gasteiger partial charge on any atom is 0.225 e. The van der Waals surface area contributed by atoms with Crippen molar-refractivity contribution in [2.24, 2.45) is 0 Å². The van der Waals surface area contributed by atoms with Crippen LogP contribution in [-0.4, -0.2) is 14.8 Å². The van der Waals surface area contributed by atoms with Crippen molar-refractivity contribution in [3.05, 3.63) is 11.1 Å². The summed E-state index contributed by atoms with van der Waals surface area (Å²) in [6.45, 7) is 5.28. The molecule has 1 heterocycles. The van der Waals surface area contributed by atoms with Crippen molar-refractivity contribution in [1.29, 1.82) is 0 Å². The quantitative estimate of drug-likeness (QED) is 0.650. The van der Waals surface area contributed by atoms with E-state index in [2.05, 4.69) is 24.0 Å². The number of aromatic nitrogens is 3. The molecule has 0 aliphatic rings. The zero-order valence-corrected chi connectivity index (χ0v) is 11.1. The van der Waals surface area contributed by atoms with E-state index in [-0.39, 0.29) is 0 Å². The highest BCUT2D eigenvalue weighted by molar-refractivity contribution is 6.28. The Hall–Kier alpha value is -0.570. The summed E-state index contributed by atoms with van der Waals surface area (Å²) in [5, 5.41) is 8.47. The number of aryl methyl sites for hydroxylation is 1. The van der Waals surface area contributed by atoms with E-state index < -0.39 is 0 Å². The first-order chi connectivity index (χ1) is 7.79. The molecule has 1 aromatic rings. The molecule has 0 atom stereocenters. The summed E-state index contributed by atoms with van der Waals surface area (Å²) >= 11 is 5.98. The van der Waals surface area contributed by atoms with Crippen LogP contribution in [0.5, 0.6) is 0 Å². The summed E-state index contributed by atoms with van der Waals surface area (Å²) in [6, 6.07) is 0. The van der Waals surface area contributed by atoms with Crippen molar-refractivity contribution in [3.8, 4) is 0 Å². The van der Waals surface area contributed by atoms with E-state index in [0.717, 1.165) is 18.8 Å². The molecule has 0 fully saturated rings. The molecule has 0 aromatic carbocycles. The fraction of sp³-hybridized carbons (Fsp3) is 0.833. The Bertz CT molecular complexity index is 296. The Balaban J connectivity index is 2.23. The van der Waals surface area contributed by atoms with Gasteiger partial charge in [-0.3, -0.25) is 0 Å². The number of halogens is 1. The van der Waals surface area contributed by atoms with E-state index in [9.17, 15) is 0 Å². The van der Waals surface area contributed by atoms with Crippen LogP contribution in [-0.2, 0) is 13.0 Å². The Morgan fingerprint density at radius 1 is 1.00 bits per heavy atom. The average Bonchev–Trinajstić information content (AvgIpc) is 2.65. The van der Waals surface area contributed by atoms with Gasteiger partial charge in [0.15, 0.2) is 0 Å². The molecule has 16 heavy (non-hydrogen) atoms. The van der Waals surface area contributed by atoms with Crippen LogP contribution in [0.2, 0.25) is 5.28 Å². The Labute approximate surface area is 103 Å². The Morgan fingerprint density at radius 2 is 1.69 bits per heavy atom. The zero-order chi connectivity index (χ0) is 11.8. The second-order valence-electron chi connectivity index (χ2n) is 4.16. The molecule has 3 nitrogen and oxygen atoms in total. The topological polar surface area (TPSA) is 30.7 Å². The van der Waals surface area contributed by atoms with Gasteiger partial charge in [0.25, 0.3) is 0 Å². The smallest absolute Gasteiger partial charge is 0.225 e. The lowest BCUT2D eigenvalue weighted by Crippen LogP contribution is -2.03. The van der Waals surface area contributed by atoms with Crippen LogP contribution in [0.25, 0.3) is 0 Å². The normalized spacial score (nSPS) is 10.9. The average molecular weight is 244 g/mol. The Morgan fingerprint density at radius 3 is 2.38 bits per heavy atom. The minimum absolute atomic E-state index is 0.533. The number of rotatable bonds is 8. The molecule has 0 bridgehead atoms. The second-order valence-corrected chi connectivity index (χ2v) is 4.50. The first kappa shape index (κ1) is 13.5. The van der Waals surface area contributed by atoms with Crippen LogP contribution in [0.15, 0.2) is 0 Å². The minimum Gasteiger partial charge on any atom is -0.302 e. The van der Waals surface area contributed by atoms with Crippen molar-refractivity contribution < 1.29 is 0 Å². The SMILES string of the molecule is CCCCCCCCn1c(Cl)nnc1CC. The van der Waals surface area contributed by atoms with Crippen molar-refractivity contribution in [2.45, 2.75) is 65.3 Å². The number of nitrogens with zero attached hydrogens (tertiary/aromatic N) is 3. The highest BCUT2D eigenvalue weighted by atomic mass is 35.5. The predicted octanol–water partition coefficient (Wildman–Crippen LogP) is 3.85. The molecule has 4 heteroatoms. The third-order valence-corrected chi connectivity index (χ3v) is 3.11. The molecule has 0 radical (unpaired) electrons. The number of unbranched alkanes of at least 4 members (excludes halogenated alkanes) is 5. The van der Waals surface area contributed by atoms with E-state index in [1.54, 1.807) is 0 Å². The maximum atomic E-state index is 5.98. The molecule has 92 valence electrons. The highest BCUT2D eigenvalue weighted by Crippen LogP contribution is 2.12. The second kappa shape index (κ2) is 7.66. The van der Waals surface area contributed by atoms with E-state index in [1.807, 2.05) is 4.57 Å². The molecular formula is C12H22ClN3. The molecule has 0 spiro atoms. The lowest BCUT2D eigenvalue weighted by Gasteiger charge is -2.06. The Kier molecular flexibility index (Phi) is 6.46. The number of hydrogen-bond donors (Lipinski definition) is 0. The molecule has 1 aromatic heterocycles. The van der Waals surface area contributed by atoms with Crippen LogP contribution < -0.4 is 0 Å². The molecule has 0 aliphatic carbocycles. The highest BCUT2D eigenvalue weighted by Gasteiger charge is 2.07. The van der Waals surface area contributed by atoms with Crippen LogP contribution in [0.3, 0.4) is 0 Å². The van der Waals surface area contributed by atoms with E-state index in [1.165, 1.54) is 38.5 Å². The van der Waals surface area contributed by atoms with Gasteiger partial charge in [-0.05, 0) is 18.0 Å². The van der Waals surface area contributed by atoms with Gasteiger partial charge >= 0.3 is 0 Å². The largest absolute Gasteiger partial charge is 0.302 e. The van der Waals surface area contributed by atoms with Gasteiger partial charge in [0, 0.05) is 13.0 Å². The van der Waals surface area contributed by atoms with Gasteiger partial charge in [-0.1, -0.05) is 46.0 Å². The van der Waals surface area contributed by atoms with Crippen LogP contribution in [0, 0.1) is 0 Å². The third-order valence-electron chi connectivity index (χ3n) is 2.83. The molecular weight excluding hydrogens is 222 g/mol. The molecule has 0 amide bonds. The molecule has 0 aliphatic heterocycles. The lowest BCUT2D eigenvalue weighted by atomic mass is 10.1. The monoisotopic (exact) mass is 243 g/mol. The first-order valence-electron chi connectivity index (χ1n) is 6.37. The standard InChI is InChI=1S/C12H22ClN3/c1-3-5-6-7-8-9-10-16-11(4-2)14-15-12(16)13/h3-10H2,1-2H3. The van der Waals surface area contributed by atoms with Gasteiger partial charge in [0.2, 0.25) is 5.28 Å².